The van der Waals surface area contributed by atoms with E-state index in [0.717, 1.165) is 32.8 Å². The molecule has 0 unspecified atom stereocenters. The summed E-state index contributed by atoms with van der Waals surface area (Å²) in [6.07, 6.45) is 3.81. The molecule has 1 fully saturated rings. The van der Waals surface area contributed by atoms with Gasteiger partial charge in [0.05, 0.1) is 25.9 Å². The van der Waals surface area contributed by atoms with Crippen molar-refractivity contribution in [1.29, 1.82) is 0 Å². The first kappa shape index (κ1) is 8.97. The van der Waals surface area contributed by atoms with Crippen LogP contribution in [0.2, 0.25) is 0 Å². The maximum Gasteiger partial charge on any atom is 0.0809 e. The average molecular weight is 160 g/mol. The molecule has 11 heavy (non-hydrogen) atoms. The second-order valence-electron chi connectivity index (χ2n) is 2.92. The van der Waals surface area contributed by atoms with Crippen LogP contribution in [0, 0.1) is 0 Å². The molecule has 66 valence electrons. The van der Waals surface area contributed by atoms with Crippen LogP contribution in [0.25, 0.3) is 0 Å². The molecule has 1 rings (SSSR count). The molecule has 3 N–H and O–H groups in total. The number of hydrogen-bond acceptors (Lipinski definition) is 2. The van der Waals surface area contributed by atoms with Crippen molar-refractivity contribution in [2.24, 2.45) is 0 Å². The first-order chi connectivity index (χ1) is 5.43. The van der Waals surface area contributed by atoms with Gasteiger partial charge in [0, 0.05) is 13.0 Å². The molecule has 0 aromatic rings. The van der Waals surface area contributed by atoms with Gasteiger partial charge in [-0.25, -0.2) is 0 Å². The normalized spacial score (nSPS) is 24.3. The quantitative estimate of drug-likeness (QED) is 0.567. The van der Waals surface area contributed by atoms with Crippen molar-refractivity contribution in [3.05, 3.63) is 0 Å². The largest absolute Gasteiger partial charge is 0.379 e. The van der Waals surface area contributed by atoms with Crippen LogP contribution >= 0.6 is 0 Å². The van der Waals surface area contributed by atoms with E-state index in [2.05, 4.69) is 5.73 Å². The molecule has 1 aliphatic rings. The van der Waals surface area contributed by atoms with Gasteiger partial charge in [0.25, 0.3) is 0 Å². The lowest BCUT2D eigenvalue weighted by Crippen LogP contribution is -2.50. The molecule has 0 amide bonds. The Bertz CT molecular complexity index is 92.1. The first-order valence-corrected chi connectivity index (χ1v) is 4.42. The van der Waals surface area contributed by atoms with Crippen LogP contribution in [-0.2, 0) is 9.47 Å². The summed E-state index contributed by atoms with van der Waals surface area (Å²) in [4.78, 5) is 0. The van der Waals surface area contributed by atoms with Crippen LogP contribution < -0.4 is 5.73 Å². The predicted molar refractivity (Wildman–Crippen MR) is 42.2 cm³/mol. The monoisotopic (exact) mass is 160 g/mol. The molecule has 0 aromatic carbocycles. The van der Waals surface area contributed by atoms with Gasteiger partial charge in [-0.05, 0) is 12.8 Å². The summed E-state index contributed by atoms with van der Waals surface area (Å²) in [6.45, 7) is 3.50. The fourth-order valence-electron chi connectivity index (χ4n) is 1.19. The lowest BCUT2D eigenvalue weighted by atomic mass is 10.2. The highest BCUT2D eigenvalue weighted by molar-refractivity contribution is 4.63. The van der Waals surface area contributed by atoms with Gasteiger partial charge in [-0.15, -0.1) is 0 Å². The lowest BCUT2D eigenvalue weighted by Gasteiger charge is -2.08. The number of quaternary nitrogens is 1. The van der Waals surface area contributed by atoms with Crippen LogP contribution in [0.1, 0.15) is 19.3 Å². The van der Waals surface area contributed by atoms with Crippen molar-refractivity contribution in [2.45, 2.75) is 25.4 Å². The molecule has 3 nitrogen and oxygen atoms in total. The molecule has 0 saturated carbocycles. The number of hydrogen-bond donors (Lipinski definition) is 1. The smallest absolute Gasteiger partial charge is 0.0809 e. The van der Waals surface area contributed by atoms with Crippen LogP contribution in [0.5, 0.6) is 0 Å². The Balaban J connectivity index is 1.86. The van der Waals surface area contributed by atoms with Gasteiger partial charge in [0.2, 0.25) is 0 Å². The van der Waals surface area contributed by atoms with Crippen LogP contribution in [0.3, 0.4) is 0 Å². The molecule has 0 radical (unpaired) electrons. The minimum Gasteiger partial charge on any atom is -0.379 e. The zero-order valence-corrected chi connectivity index (χ0v) is 7.05. The molecule has 0 bridgehead atoms. The SMILES string of the molecule is [NH3+]CCCOC[C@H]1CCCO1. The Morgan fingerprint density at radius 2 is 2.45 bits per heavy atom. The fourth-order valence-corrected chi connectivity index (χ4v) is 1.19. The van der Waals surface area contributed by atoms with Crippen molar-refractivity contribution >= 4 is 0 Å². The first-order valence-electron chi connectivity index (χ1n) is 4.42. The molecule has 3 heteroatoms. The van der Waals surface area contributed by atoms with Gasteiger partial charge < -0.3 is 15.2 Å². The molecule has 0 spiro atoms. The van der Waals surface area contributed by atoms with Crippen molar-refractivity contribution < 1.29 is 15.2 Å². The highest BCUT2D eigenvalue weighted by Crippen LogP contribution is 2.11. The lowest BCUT2D eigenvalue weighted by molar-refractivity contribution is -0.369. The van der Waals surface area contributed by atoms with Gasteiger partial charge in [0.1, 0.15) is 0 Å². The molecular formula is C8H18NO2+. The standard InChI is InChI=1S/C8H17NO2/c9-4-2-5-10-7-8-3-1-6-11-8/h8H,1-7,9H2/p+1/t8-/m1/s1. The predicted octanol–water partition coefficient (Wildman–Crippen LogP) is -0.186. The summed E-state index contributed by atoms with van der Waals surface area (Å²) in [5.41, 5.74) is 3.74. The van der Waals surface area contributed by atoms with Crippen LogP contribution in [-0.4, -0.2) is 32.5 Å². The van der Waals surface area contributed by atoms with Crippen LogP contribution in [0.15, 0.2) is 0 Å². The van der Waals surface area contributed by atoms with Gasteiger partial charge in [-0.3, -0.25) is 0 Å². The zero-order chi connectivity index (χ0) is 7.94. The van der Waals surface area contributed by atoms with E-state index in [1.54, 1.807) is 0 Å². The molecule has 1 aliphatic heterocycles. The van der Waals surface area contributed by atoms with Gasteiger partial charge in [-0.1, -0.05) is 0 Å². The molecule has 1 heterocycles. The Morgan fingerprint density at radius 1 is 1.55 bits per heavy atom. The minimum absolute atomic E-state index is 0.375. The Labute approximate surface area is 67.9 Å². The molecular weight excluding hydrogens is 142 g/mol. The van der Waals surface area contributed by atoms with Crippen molar-refractivity contribution in [2.75, 3.05) is 26.4 Å². The van der Waals surface area contributed by atoms with E-state index in [-0.39, 0.29) is 0 Å². The van der Waals surface area contributed by atoms with Gasteiger partial charge >= 0.3 is 0 Å². The third-order valence-corrected chi connectivity index (χ3v) is 1.87. The molecule has 1 saturated heterocycles. The topological polar surface area (TPSA) is 46.1 Å². The summed E-state index contributed by atoms with van der Waals surface area (Å²) < 4.78 is 10.8. The van der Waals surface area contributed by atoms with E-state index in [1.807, 2.05) is 0 Å². The second kappa shape index (κ2) is 5.52. The average Bonchev–Trinajstić information content (AvgIpc) is 2.50. The third-order valence-electron chi connectivity index (χ3n) is 1.87. The van der Waals surface area contributed by atoms with E-state index in [1.165, 1.54) is 12.8 Å². The third kappa shape index (κ3) is 3.70. The molecule has 1 atom stereocenters. The summed E-state index contributed by atoms with van der Waals surface area (Å²) in [7, 11) is 0. The molecule has 0 aliphatic carbocycles. The highest BCUT2D eigenvalue weighted by atomic mass is 16.5. The maximum absolute atomic E-state index is 5.39. The van der Waals surface area contributed by atoms with E-state index in [0.29, 0.717) is 6.10 Å². The minimum atomic E-state index is 0.375. The number of rotatable bonds is 5. The fraction of sp³-hybridized carbons (Fsp3) is 1.00. The summed E-state index contributed by atoms with van der Waals surface area (Å²) >= 11 is 0. The van der Waals surface area contributed by atoms with Gasteiger partial charge in [0.15, 0.2) is 0 Å². The summed E-state index contributed by atoms with van der Waals surface area (Å²) in [6, 6.07) is 0. The molecule has 0 aromatic heterocycles. The van der Waals surface area contributed by atoms with Crippen LogP contribution in [0.4, 0.5) is 0 Å². The van der Waals surface area contributed by atoms with E-state index in [4.69, 9.17) is 9.47 Å². The van der Waals surface area contributed by atoms with Gasteiger partial charge in [-0.2, -0.15) is 0 Å². The Hall–Kier alpha value is -0.120. The van der Waals surface area contributed by atoms with Crippen molar-refractivity contribution in [3.8, 4) is 0 Å². The maximum atomic E-state index is 5.39. The van der Waals surface area contributed by atoms with Crippen molar-refractivity contribution in [1.82, 2.24) is 0 Å². The number of ether oxygens (including phenoxy) is 2. The zero-order valence-electron chi connectivity index (χ0n) is 7.05. The van der Waals surface area contributed by atoms with E-state index < -0.39 is 0 Å². The highest BCUT2D eigenvalue weighted by Gasteiger charge is 2.14. The van der Waals surface area contributed by atoms with E-state index >= 15 is 0 Å². The summed E-state index contributed by atoms with van der Waals surface area (Å²) in [5.74, 6) is 0. The summed E-state index contributed by atoms with van der Waals surface area (Å²) in [5, 5.41) is 0. The Morgan fingerprint density at radius 3 is 3.09 bits per heavy atom. The Kier molecular flexibility index (Phi) is 4.50. The van der Waals surface area contributed by atoms with E-state index in [9.17, 15) is 0 Å². The second-order valence-corrected chi connectivity index (χ2v) is 2.92. The van der Waals surface area contributed by atoms with Crippen molar-refractivity contribution in [3.63, 3.8) is 0 Å².